The molecule has 0 bridgehead atoms. The molecule has 0 heterocycles. The molecule has 1 N–H and O–H groups in total. The molecule has 108 valence electrons. The van der Waals surface area contributed by atoms with Crippen LogP contribution in [0.3, 0.4) is 0 Å². The number of nitrogens with zero attached hydrogens (tertiary/aromatic N) is 1. The molecular weight excluding hydrogens is 299 g/mol. The van der Waals surface area contributed by atoms with Gasteiger partial charge in [0.15, 0.2) is 0 Å². The van der Waals surface area contributed by atoms with Gasteiger partial charge < -0.3 is 5.32 Å². The number of halogens is 2. The molecular formula is C14H10ClFN2O3. The number of nitrogens with one attached hydrogen (secondary N) is 1. The zero-order valence-electron chi connectivity index (χ0n) is 10.9. The molecule has 0 unspecified atom stereocenters. The standard InChI is InChI=1S/C14H10ClFN2O3/c1-8-3-2-4-10(13(8)16)14(19)17-11-7-9(15)5-6-12(11)18(20)21/h2-7H,1H3,(H,17,19). The predicted octanol–water partition coefficient (Wildman–Crippen LogP) is 3.95. The van der Waals surface area contributed by atoms with Crippen molar-refractivity contribution in [3.05, 3.63) is 68.5 Å². The van der Waals surface area contributed by atoms with Crippen LogP contribution >= 0.6 is 11.6 Å². The van der Waals surface area contributed by atoms with Crippen LogP contribution in [0.2, 0.25) is 5.02 Å². The first-order valence-electron chi connectivity index (χ1n) is 5.90. The second-order valence-corrected chi connectivity index (χ2v) is 4.75. The highest BCUT2D eigenvalue weighted by Gasteiger charge is 2.19. The van der Waals surface area contributed by atoms with Gasteiger partial charge in [-0.2, -0.15) is 0 Å². The normalized spacial score (nSPS) is 10.2. The Morgan fingerprint density at radius 3 is 2.71 bits per heavy atom. The fourth-order valence-electron chi connectivity index (χ4n) is 1.78. The first-order valence-corrected chi connectivity index (χ1v) is 6.28. The summed E-state index contributed by atoms with van der Waals surface area (Å²) in [7, 11) is 0. The monoisotopic (exact) mass is 308 g/mol. The van der Waals surface area contributed by atoms with Crippen molar-refractivity contribution < 1.29 is 14.1 Å². The maximum atomic E-state index is 13.9. The van der Waals surface area contributed by atoms with Gasteiger partial charge in [-0.05, 0) is 30.7 Å². The lowest BCUT2D eigenvalue weighted by atomic mass is 10.1. The molecule has 0 saturated carbocycles. The van der Waals surface area contributed by atoms with Crippen molar-refractivity contribution >= 4 is 28.9 Å². The number of carbonyl (C=O) groups is 1. The molecule has 0 aliphatic rings. The van der Waals surface area contributed by atoms with Crippen molar-refractivity contribution in [3.8, 4) is 0 Å². The Morgan fingerprint density at radius 1 is 1.33 bits per heavy atom. The second kappa shape index (κ2) is 5.88. The molecule has 0 aliphatic heterocycles. The molecule has 0 saturated heterocycles. The number of aryl methyl sites for hydroxylation is 1. The van der Waals surface area contributed by atoms with E-state index in [1.165, 1.54) is 43.3 Å². The van der Waals surface area contributed by atoms with Gasteiger partial charge in [0.25, 0.3) is 11.6 Å². The number of nitro benzene ring substituents is 1. The average Bonchev–Trinajstić information content (AvgIpc) is 2.41. The van der Waals surface area contributed by atoms with Crippen LogP contribution in [0.5, 0.6) is 0 Å². The van der Waals surface area contributed by atoms with Crippen LogP contribution in [0.25, 0.3) is 0 Å². The van der Waals surface area contributed by atoms with Crippen LogP contribution in [0.1, 0.15) is 15.9 Å². The van der Waals surface area contributed by atoms with E-state index in [0.717, 1.165) is 0 Å². The molecule has 2 aromatic rings. The molecule has 21 heavy (non-hydrogen) atoms. The molecule has 1 amide bonds. The minimum Gasteiger partial charge on any atom is -0.316 e. The van der Waals surface area contributed by atoms with Crippen LogP contribution in [0.4, 0.5) is 15.8 Å². The molecule has 2 aromatic carbocycles. The summed E-state index contributed by atoms with van der Waals surface area (Å²) in [5, 5.41) is 13.4. The Balaban J connectivity index is 2.38. The van der Waals surface area contributed by atoms with Crippen LogP contribution in [-0.2, 0) is 0 Å². The third-order valence-corrected chi connectivity index (χ3v) is 3.08. The number of anilines is 1. The second-order valence-electron chi connectivity index (χ2n) is 4.31. The van der Waals surface area contributed by atoms with Crippen molar-refractivity contribution in [1.82, 2.24) is 0 Å². The van der Waals surface area contributed by atoms with Crippen molar-refractivity contribution in [2.24, 2.45) is 0 Å². The summed E-state index contributed by atoms with van der Waals surface area (Å²) in [6.07, 6.45) is 0. The van der Waals surface area contributed by atoms with Crippen LogP contribution in [0, 0.1) is 22.9 Å². The first kappa shape index (κ1) is 14.9. The summed E-state index contributed by atoms with van der Waals surface area (Å²) < 4.78 is 13.9. The van der Waals surface area contributed by atoms with E-state index in [1.807, 2.05) is 0 Å². The Bertz CT molecular complexity index is 734. The smallest absolute Gasteiger partial charge is 0.292 e. The summed E-state index contributed by atoms with van der Waals surface area (Å²) in [6.45, 7) is 1.52. The largest absolute Gasteiger partial charge is 0.316 e. The summed E-state index contributed by atoms with van der Waals surface area (Å²) in [6, 6.07) is 8.10. The number of amides is 1. The van der Waals surface area contributed by atoms with Gasteiger partial charge >= 0.3 is 0 Å². The maximum Gasteiger partial charge on any atom is 0.292 e. The number of benzene rings is 2. The van der Waals surface area contributed by atoms with Gasteiger partial charge in [0, 0.05) is 11.1 Å². The third kappa shape index (κ3) is 3.17. The van der Waals surface area contributed by atoms with E-state index in [9.17, 15) is 19.3 Å². The van der Waals surface area contributed by atoms with E-state index in [2.05, 4.69) is 5.32 Å². The quantitative estimate of drug-likeness (QED) is 0.689. The van der Waals surface area contributed by atoms with E-state index < -0.39 is 16.6 Å². The SMILES string of the molecule is Cc1cccc(C(=O)Nc2cc(Cl)ccc2[N+](=O)[O-])c1F. The molecule has 5 nitrogen and oxygen atoms in total. The van der Waals surface area contributed by atoms with Crippen molar-refractivity contribution in [2.45, 2.75) is 6.92 Å². The zero-order valence-corrected chi connectivity index (χ0v) is 11.6. The molecule has 0 radical (unpaired) electrons. The Kier molecular flexibility index (Phi) is 4.18. The van der Waals surface area contributed by atoms with Crippen LogP contribution in [-0.4, -0.2) is 10.8 Å². The van der Waals surface area contributed by atoms with Gasteiger partial charge in [-0.1, -0.05) is 23.7 Å². The van der Waals surface area contributed by atoms with Crippen LogP contribution < -0.4 is 5.32 Å². The first-order chi connectivity index (χ1) is 9.90. The Hall–Kier alpha value is -2.47. The van der Waals surface area contributed by atoms with E-state index >= 15 is 0 Å². The molecule has 0 atom stereocenters. The topological polar surface area (TPSA) is 72.2 Å². The van der Waals surface area contributed by atoms with Crippen molar-refractivity contribution in [3.63, 3.8) is 0 Å². The average molecular weight is 309 g/mol. The number of hydrogen-bond acceptors (Lipinski definition) is 3. The predicted molar refractivity (Wildman–Crippen MR) is 77.2 cm³/mol. The summed E-state index contributed by atoms with van der Waals surface area (Å²) in [5.74, 6) is -1.44. The lowest BCUT2D eigenvalue weighted by Crippen LogP contribution is -2.15. The van der Waals surface area contributed by atoms with E-state index in [0.29, 0.717) is 5.56 Å². The highest BCUT2D eigenvalue weighted by molar-refractivity contribution is 6.31. The number of nitro groups is 1. The van der Waals surface area contributed by atoms with Gasteiger partial charge in [-0.3, -0.25) is 14.9 Å². The number of carbonyl (C=O) groups excluding carboxylic acids is 1. The fraction of sp³-hybridized carbons (Fsp3) is 0.0714. The minimum atomic E-state index is -0.776. The molecule has 7 heteroatoms. The van der Waals surface area contributed by atoms with Crippen molar-refractivity contribution in [2.75, 3.05) is 5.32 Å². The highest BCUT2D eigenvalue weighted by Crippen LogP contribution is 2.28. The number of rotatable bonds is 3. The van der Waals surface area contributed by atoms with Crippen LogP contribution in [0.15, 0.2) is 36.4 Å². The summed E-state index contributed by atoms with van der Waals surface area (Å²) >= 11 is 5.76. The van der Waals surface area contributed by atoms with E-state index in [1.54, 1.807) is 0 Å². The third-order valence-electron chi connectivity index (χ3n) is 2.84. The zero-order chi connectivity index (χ0) is 15.6. The van der Waals surface area contributed by atoms with E-state index in [-0.39, 0.29) is 22.0 Å². The summed E-state index contributed by atoms with van der Waals surface area (Å²) in [5.41, 5.74) is -0.285. The Morgan fingerprint density at radius 2 is 2.05 bits per heavy atom. The van der Waals surface area contributed by atoms with Gasteiger partial charge in [-0.25, -0.2) is 4.39 Å². The summed E-state index contributed by atoms with van der Waals surface area (Å²) in [4.78, 5) is 22.3. The molecule has 0 spiro atoms. The van der Waals surface area contributed by atoms with E-state index in [4.69, 9.17) is 11.6 Å². The minimum absolute atomic E-state index is 0.0848. The van der Waals surface area contributed by atoms with Crippen molar-refractivity contribution in [1.29, 1.82) is 0 Å². The van der Waals surface area contributed by atoms with Gasteiger partial charge in [0.2, 0.25) is 0 Å². The fourth-order valence-corrected chi connectivity index (χ4v) is 1.95. The lowest BCUT2D eigenvalue weighted by Gasteiger charge is -2.08. The van der Waals surface area contributed by atoms with Gasteiger partial charge in [0.05, 0.1) is 10.5 Å². The lowest BCUT2D eigenvalue weighted by molar-refractivity contribution is -0.383. The molecule has 0 fully saturated rings. The van der Waals surface area contributed by atoms with Gasteiger partial charge in [-0.15, -0.1) is 0 Å². The van der Waals surface area contributed by atoms with Gasteiger partial charge in [0.1, 0.15) is 11.5 Å². The molecule has 0 aromatic heterocycles. The molecule has 0 aliphatic carbocycles. The Labute approximate surface area is 124 Å². The number of hydrogen-bond donors (Lipinski definition) is 1. The highest BCUT2D eigenvalue weighted by atomic mass is 35.5. The molecule has 2 rings (SSSR count). The maximum absolute atomic E-state index is 13.9.